The predicted octanol–water partition coefficient (Wildman–Crippen LogP) is 22.5. The molecule has 0 aromatic rings. The first-order valence-electron chi connectivity index (χ1n) is 35.1. The Hall–Kier alpha value is -1.66. The van der Waals surface area contributed by atoms with Crippen LogP contribution in [-0.4, -0.2) is 47.4 Å². The number of hydrogen-bond acceptors (Lipinski definition) is 5. The van der Waals surface area contributed by atoms with E-state index in [9.17, 15) is 19.8 Å². The van der Waals surface area contributed by atoms with Gasteiger partial charge in [-0.1, -0.05) is 346 Å². The second-order valence-corrected chi connectivity index (χ2v) is 24.2. The van der Waals surface area contributed by atoms with Crippen molar-refractivity contribution in [1.82, 2.24) is 5.32 Å². The average Bonchev–Trinajstić information content (AvgIpc) is 3.43. The van der Waals surface area contributed by atoms with Gasteiger partial charge in [0.25, 0.3) is 0 Å². The standard InChI is InChI=1S/C71H137NO5/c1-3-5-7-9-11-13-15-17-19-32-36-39-43-47-51-55-59-63-69(74)68(67-73)72-70(75)64-60-56-52-48-44-40-37-33-30-28-26-24-22-20-21-23-25-27-29-31-34-38-42-46-50-54-58-62-66-77-71(76)65-61-57-53-49-45-41-35-18-16-14-12-10-8-6-4-2/h18,35,59,63,68-69,73-74H,3-17,19-34,36-58,60-62,64-67H2,1-2H3,(H,72,75)/b35-18-,63-59+. The minimum Gasteiger partial charge on any atom is -0.466 e. The SMILES string of the molecule is CCCCCCCC/C=C\CCCCCCCC(=O)OCCCCCCCCCCCCCCCCCCCCCCCCCCCCCCC(=O)NC(CO)C(O)/C=C/CCCCCCCCCCCCCCCCC. The van der Waals surface area contributed by atoms with E-state index in [1.54, 1.807) is 6.08 Å². The van der Waals surface area contributed by atoms with Crippen molar-refractivity contribution in [2.24, 2.45) is 0 Å². The number of carbonyl (C=O) groups is 2. The van der Waals surface area contributed by atoms with Crippen molar-refractivity contribution in [3.63, 3.8) is 0 Å². The molecule has 77 heavy (non-hydrogen) atoms. The van der Waals surface area contributed by atoms with Crippen LogP contribution < -0.4 is 5.32 Å². The highest BCUT2D eigenvalue weighted by atomic mass is 16.5. The minimum atomic E-state index is -0.842. The number of nitrogens with one attached hydrogen (secondary N) is 1. The Morgan fingerprint density at radius 3 is 0.922 bits per heavy atom. The van der Waals surface area contributed by atoms with Gasteiger partial charge >= 0.3 is 5.97 Å². The molecule has 0 aliphatic carbocycles. The van der Waals surface area contributed by atoms with Gasteiger partial charge in [0.1, 0.15) is 0 Å². The van der Waals surface area contributed by atoms with Gasteiger partial charge in [0, 0.05) is 12.8 Å². The summed E-state index contributed by atoms with van der Waals surface area (Å²) in [7, 11) is 0. The number of rotatable bonds is 66. The molecule has 0 saturated carbocycles. The van der Waals surface area contributed by atoms with E-state index in [0.29, 0.717) is 19.4 Å². The normalized spacial score (nSPS) is 12.6. The lowest BCUT2D eigenvalue weighted by Crippen LogP contribution is -2.45. The fraction of sp³-hybridized carbons (Fsp3) is 0.915. The molecule has 2 atom stereocenters. The Kier molecular flexibility index (Phi) is 65.4. The molecular formula is C71H137NO5. The van der Waals surface area contributed by atoms with E-state index in [4.69, 9.17) is 4.74 Å². The summed E-state index contributed by atoms with van der Waals surface area (Å²) in [6.45, 7) is 4.93. The van der Waals surface area contributed by atoms with Gasteiger partial charge in [0.15, 0.2) is 0 Å². The zero-order valence-corrected chi connectivity index (χ0v) is 52.2. The van der Waals surface area contributed by atoms with E-state index in [-0.39, 0.29) is 18.5 Å². The molecule has 1 amide bonds. The van der Waals surface area contributed by atoms with Crippen LogP contribution in [0.5, 0.6) is 0 Å². The summed E-state index contributed by atoms with van der Waals surface area (Å²) in [4.78, 5) is 24.6. The predicted molar refractivity (Wildman–Crippen MR) is 338 cm³/mol. The number of unbranched alkanes of at least 4 members (excludes halogenated alkanes) is 53. The second kappa shape index (κ2) is 66.8. The highest BCUT2D eigenvalue weighted by Crippen LogP contribution is 2.19. The van der Waals surface area contributed by atoms with Crippen LogP contribution in [0.15, 0.2) is 24.3 Å². The van der Waals surface area contributed by atoms with E-state index in [0.717, 1.165) is 44.9 Å². The molecule has 0 aromatic heterocycles. The van der Waals surface area contributed by atoms with Gasteiger partial charge in [0.05, 0.1) is 25.4 Å². The van der Waals surface area contributed by atoms with Crippen molar-refractivity contribution < 1.29 is 24.5 Å². The lowest BCUT2D eigenvalue weighted by Gasteiger charge is -2.20. The number of carbonyl (C=O) groups excluding carboxylic acids is 2. The number of allylic oxidation sites excluding steroid dienone is 3. The number of ether oxygens (including phenoxy) is 1. The van der Waals surface area contributed by atoms with E-state index < -0.39 is 12.1 Å². The highest BCUT2D eigenvalue weighted by molar-refractivity contribution is 5.76. The Morgan fingerprint density at radius 2 is 0.610 bits per heavy atom. The molecule has 0 aromatic carbocycles. The minimum absolute atomic E-state index is 0.0111. The number of aliphatic hydroxyl groups excluding tert-OH is 2. The van der Waals surface area contributed by atoms with Crippen molar-refractivity contribution in [3.8, 4) is 0 Å². The van der Waals surface area contributed by atoms with Crippen LogP contribution in [0.4, 0.5) is 0 Å². The van der Waals surface area contributed by atoms with E-state index in [1.807, 2.05) is 6.08 Å². The quantitative estimate of drug-likeness (QED) is 0.0320. The maximum Gasteiger partial charge on any atom is 0.305 e. The lowest BCUT2D eigenvalue weighted by atomic mass is 10.0. The van der Waals surface area contributed by atoms with Gasteiger partial charge in [0.2, 0.25) is 5.91 Å². The number of esters is 1. The fourth-order valence-corrected chi connectivity index (χ4v) is 11.1. The molecule has 3 N–H and O–H groups in total. The fourth-order valence-electron chi connectivity index (χ4n) is 11.1. The molecule has 0 aliphatic heterocycles. The van der Waals surface area contributed by atoms with Gasteiger partial charge in [-0.15, -0.1) is 0 Å². The summed E-state index contributed by atoms with van der Waals surface area (Å²) in [5.41, 5.74) is 0. The zero-order chi connectivity index (χ0) is 55.7. The molecule has 0 spiro atoms. The molecule has 6 nitrogen and oxygen atoms in total. The largest absolute Gasteiger partial charge is 0.466 e. The second-order valence-electron chi connectivity index (χ2n) is 24.2. The first kappa shape index (κ1) is 75.3. The van der Waals surface area contributed by atoms with Gasteiger partial charge in [-0.3, -0.25) is 9.59 Å². The van der Waals surface area contributed by atoms with Crippen LogP contribution in [0.25, 0.3) is 0 Å². The monoisotopic (exact) mass is 1080 g/mol. The molecule has 0 heterocycles. The number of hydrogen-bond donors (Lipinski definition) is 3. The molecule has 6 heteroatoms. The lowest BCUT2D eigenvalue weighted by molar-refractivity contribution is -0.143. The van der Waals surface area contributed by atoms with Crippen LogP contribution in [-0.2, 0) is 14.3 Å². The van der Waals surface area contributed by atoms with E-state index >= 15 is 0 Å². The Labute approximate surface area is 481 Å². The van der Waals surface area contributed by atoms with Crippen molar-refractivity contribution in [1.29, 1.82) is 0 Å². The third-order valence-electron chi connectivity index (χ3n) is 16.5. The first-order chi connectivity index (χ1) is 38.0. The van der Waals surface area contributed by atoms with Crippen molar-refractivity contribution in [3.05, 3.63) is 24.3 Å². The van der Waals surface area contributed by atoms with Crippen LogP contribution in [0.2, 0.25) is 0 Å². The van der Waals surface area contributed by atoms with Crippen molar-refractivity contribution >= 4 is 11.9 Å². The Bertz CT molecular complexity index is 1200. The third-order valence-corrected chi connectivity index (χ3v) is 16.5. The summed E-state index contributed by atoms with van der Waals surface area (Å²) in [6, 6.07) is -0.625. The molecular weight excluding hydrogens is 947 g/mol. The Morgan fingerprint density at radius 1 is 0.351 bits per heavy atom. The van der Waals surface area contributed by atoms with E-state index in [1.165, 1.54) is 321 Å². The topological polar surface area (TPSA) is 95.9 Å². The van der Waals surface area contributed by atoms with Gasteiger partial charge < -0.3 is 20.3 Å². The first-order valence-corrected chi connectivity index (χ1v) is 35.1. The maximum absolute atomic E-state index is 12.5. The summed E-state index contributed by atoms with van der Waals surface area (Å²) >= 11 is 0. The third kappa shape index (κ3) is 63.4. The van der Waals surface area contributed by atoms with Gasteiger partial charge in [-0.25, -0.2) is 0 Å². The molecule has 0 saturated heterocycles. The zero-order valence-electron chi connectivity index (χ0n) is 52.2. The van der Waals surface area contributed by atoms with Crippen LogP contribution >= 0.6 is 0 Å². The molecule has 0 rings (SSSR count). The highest BCUT2D eigenvalue weighted by Gasteiger charge is 2.18. The molecule has 456 valence electrons. The number of aliphatic hydroxyl groups is 2. The van der Waals surface area contributed by atoms with E-state index in [2.05, 4.69) is 31.3 Å². The van der Waals surface area contributed by atoms with Crippen LogP contribution in [0.1, 0.15) is 393 Å². The molecule has 0 bridgehead atoms. The van der Waals surface area contributed by atoms with Crippen molar-refractivity contribution in [2.45, 2.75) is 405 Å². The molecule has 2 unspecified atom stereocenters. The molecule has 0 aliphatic rings. The average molecular weight is 1080 g/mol. The Balaban J connectivity index is 3.36. The molecule has 0 fully saturated rings. The summed E-state index contributed by atoms with van der Waals surface area (Å²) in [5.74, 6) is -0.0506. The van der Waals surface area contributed by atoms with Gasteiger partial charge in [-0.2, -0.15) is 0 Å². The van der Waals surface area contributed by atoms with Crippen LogP contribution in [0, 0.1) is 0 Å². The summed E-state index contributed by atoms with van der Waals surface area (Å²) < 4.78 is 5.49. The number of amides is 1. The summed E-state index contributed by atoms with van der Waals surface area (Å²) in [5, 5.41) is 23.2. The van der Waals surface area contributed by atoms with Crippen molar-refractivity contribution in [2.75, 3.05) is 13.2 Å². The maximum atomic E-state index is 12.5. The molecule has 0 radical (unpaired) electrons. The summed E-state index contributed by atoms with van der Waals surface area (Å²) in [6.07, 6.45) is 84.0. The van der Waals surface area contributed by atoms with Crippen LogP contribution in [0.3, 0.4) is 0 Å². The smallest absolute Gasteiger partial charge is 0.305 e. The van der Waals surface area contributed by atoms with Gasteiger partial charge in [-0.05, 0) is 57.8 Å².